The molecule has 5 heteroatoms. The molecule has 0 bridgehead atoms. The highest BCUT2D eigenvalue weighted by Gasteiger charge is 2.14. The summed E-state index contributed by atoms with van der Waals surface area (Å²) in [5, 5.41) is 3.12. The topological polar surface area (TPSA) is 62.9 Å². The van der Waals surface area contributed by atoms with Crippen LogP contribution in [0.4, 0.5) is 0 Å². The van der Waals surface area contributed by atoms with E-state index >= 15 is 0 Å². The Hall–Kier alpha value is -0.810. The number of nitrogens with one attached hydrogen (secondary N) is 1. The summed E-state index contributed by atoms with van der Waals surface area (Å²) in [6, 6.07) is 0.202. The second-order valence-electron chi connectivity index (χ2n) is 5.34. The second kappa shape index (κ2) is 8.32. The molecular weight excluding hydrogens is 228 g/mol. The Morgan fingerprint density at radius 1 is 1.39 bits per heavy atom. The maximum atomic E-state index is 5.83. The van der Waals surface area contributed by atoms with Gasteiger partial charge in [-0.3, -0.25) is 4.99 Å². The first kappa shape index (κ1) is 15.2. The molecular formula is C13H28N4O. The molecule has 3 N–H and O–H groups in total. The van der Waals surface area contributed by atoms with Crippen molar-refractivity contribution in [2.45, 2.75) is 32.7 Å². The molecule has 0 aromatic rings. The molecule has 1 saturated heterocycles. The highest BCUT2D eigenvalue weighted by Crippen LogP contribution is 2.10. The van der Waals surface area contributed by atoms with Crippen molar-refractivity contribution in [1.29, 1.82) is 0 Å². The predicted octanol–water partition coefficient (Wildman–Crippen LogP) is 0.658. The van der Waals surface area contributed by atoms with Gasteiger partial charge in [0.15, 0.2) is 5.96 Å². The van der Waals surface area contributed by atoms with Gasteiger partial charge >= 0.3 is 0 Å². The number of ether oxygens (including phenoxy) is 1. The molecule has 0 aliphatic carbocycles. The van der Waals surface area contributed by atoms with E-state index in [-0.39, 0.29) is 6.04 Å². The minimum Gasteiger partial charge on any atom is -0.383 e. The molecule has 0 aromatic heterocycles. The van der Waals surface area contributed by atoms with Gasteiger partial charge in [-0.25, -0.2) is 0 Å². The van der Waals surface area contributed by atoms with Crippen LogP contribution in [0.3, 0.4) is 0 Å². The zero-order chi connectivity index (χ0) is 13.4. The van der Waals surface area contributed by atoms with Crippen LogP contribution in [0, 0.1) is 5.92 Å². The van der Waals surface area contributed by atoms with Crippen LogP contribution in [0.25, 0.3) is 0 Å². The minimum absolute atomic E-state index is 0.202. The van der Waals surface area contributed by atoms with E-state index in [1.165, 1.54) is 25.9 Å². The number of hydrogen-bond donors (Lipinski definition) is 2. The normalized spacial score (nSPS) is 20.9. The van der Waals surface area contributed by atoms with Crippen molar-refractivity contribution in [2.75, 3.05) is 39.9 Å². The fourth-order valence-corrected chi connectivity index (χ4v) is 2.31. The van der Waals surface area contributed by atoms with Gasteiger partial charge in [0.25, 0.3) is 0 Å². The Kier molecular flexibility index (Phi) is 7.05. The lowest BCUT2D eigenvalue weighted by atomic mass is 10.2. The van der Waals surface area contributed by atoms with Crippen LogP contribution in [0.5, 0.6) is 0 Å². The first-order valence-corrected chi connectivity index (χ1v) is 6.89. The summed E-state index contributed by atoms with van der Waals surface area (Å²) in [4.78, 5) is 6.90. The molecule has 106 valence electrons. The lowest BCUT2D eigenvalue weighted by Crippen LogP contribution is -2.41. The zero-order valence-corrected chi connectivity index (χ0v) is 12.0. The van der Waals surface area contributed by atoms with Crippen LogP contribution in [0.15, 0.2) is 4.99 Å². The van der Waals surface area contributed by atoms with E-state index in [2.05, 4.69) is 22.1 Å². The van der Waals surface area contributed by atoms with Gasteiger partial charge in [-0.2, -0.15) is 0 Å². The van der Waals surface area contributed by atoms with Gasteiger partial charge in [0.2, 0.25) is 0 Å². The Morgan fingerprint density at radius 3 is 2.67 bits per heavy atom. The quantitative estimate of drug-likeness (QED) is 0.519. The molecule has 1 fully saturated rings. The van der Waals surface area contributed by atoms with Gasteiger partial charge in [0, 0.05) is 26.2 Å². The number of hydrogen-bond acceptors (Lipinski definition) is 3. The van der Waals surface area contributed by atoms with E-state index in [1.807, 2.05) is 6.92 Å². The molecule has 0 spiro atoms. The first-order chi connectivity index (χ1) is 8.61. The van der Waals surface area contributed by atoms with Gasteiger partial charge in [-0.15, -0.1) is 0 Å². The van der Waals surface area contributed by atoms with Gasteiger partial charge in [-0.1, -0.05) is 6.92 Å². The highest BCUT2D eigenvalue weighted by molar-refractivity contribution is 5.78. The summed E-state index contributed by atoms with van der Waals surface area (Å²) >= 11 is 0. The van der Waals surface area contributed by atoms with Gasteiger partial charge < -0.3 is 20.7 Å². The predicted molar refractivity (Wildman–Crippen MR) is 75.8 cm³/mol. The molecule has 2 atom stereocenters. The van der Waals surface area contributed by atoms with E-state index in [0.29, 0.717) is 18.5 Å². The summed E-state index contributed by atoms with van der Waals surface area (Å²) in [6.45, 7) is 9.30. The van der Waals surface area contributed by atoms with Crippen molar-refractivity contribution >= 4 is 5.96 Å². The lowest BCUT2D eigenvalue weighted by Gasteiger charge is -2.19. The zero-order valence-electron chi connectivity index (χ0n) is 12.0. The van der Waals surface area contributed by atoms with Crippen molar-refractivity contribution in [1.82, 2.24) is 10.2 Å². The molecule has 1 aliphatic heterocycles. The number of guanidine groups is 1. The Bertz CT molecular complexity index is 251. The van der Waals surface area contributed by atoms with Crippen LogP contribution in [-0.4, -0.2) is 56.8 Å². The number of rotatable bonds is 7. The average Bonchev–Trinajstić information content (AvgIpc) is 2.79. The average molecular weight is 256 g/mol. The maximum Gasteiger partial charge on any atom is 0.188 e. The Labute approximate surface area is 111 Å². The first-order valence-electron chi connectivity index (χ1n) is 6.89. The molecule has 0 amide bonds. The maximum absolute atomic E-state index is 5.83. The number of aliphatic imine (C=N–C) groups is 1. The third kappa shape index (κ3) is 6.21. The number of nitrogens with two attached hydrogens (primary N) is 1. The van der Waals surface area contributed by atoms with Crippen molar-refractivity contribution in [3.05, 3.63) is 0 Å². The van der Waals surface area contributed by atoms with E-state index in [1.54, 1.807) is 7.11 Å². The van der Waals surface area contributed by atoms with E-state index in [9.17, 15) is 0 Å². The summed E-state index contributed by atoms with van der Waals surface area (Å²) in [6.07, 6.45) is 2.68. The summed E-state index contributed by atoms with van der Waals surface area (Å²) in [7, 11) is 1.68. The van der Waals surface area contributed by atoms with E-state index in [0.717, 1.165) is 13.1 Å². The van der Waals surface area contributed by atoms with Gasteiger partial charge in [0.05, 0.1) is 6.61 Å². The van der Waals surface area contributed by atoms with E-state index < -0.39 is 0 Å². The van der Waals surface area contributed by atoms with Crippen LogP contribution >= 0.6 is 0 Å². The van der Waals surface area contributed by atoms with Crippen LogP contribution in [0.2, 0.25) is 0 Å². The monoisotopic (exact) mass is 256 g/mol. The molecule has 0 saturated carbocycles. The van der Waals surface area contributed by atoms with Crippen molar-refractivity contribution in [2.24, 2.45) is 16.6 Å². The molecule has 1 heterocycles. The Balaban J connectivity index is 2.19. The second-order valence-corrected chi connectivity index (χ2v) is 5.34. The molecule has 5 nitrogen and oxygen atoms in total. The number of likely N-dealkylation sites (tertiary alicyclic amines) is 1. The van der Waals surface area contributed by atoms with Crippen molar-refractivity contribution < 1.29 is 4.74 Å². The molecule has 0 aromatic carbocycles. The largest absolute Gasteiger partial charge is 0.383 e. The Morgan fingerprint density at radius 2 is 2.06 bits per heavy atom. The molecule has 2 unspecified atom stereocenters. The fraction of sp³-hybridized carbons (Fsp3) is 0.923. The lowest BCUT2D eigenvalue weighted by molar-refractivity contribution is 0.179. The summed E-state index contributed by atoms with van der Waals surface area (Å²) in [5.74, 6) is 1.08. The summed E-state index contributed by atoms with van der Waals surface area (Å²) in [5.41, 5.74) is 5.83. The van der Waals surface area contributed by atoms with Crippen molar-refractivity contribution in [3.8, 4) is 0 Å². The number of methoxy groups -OCH3 is 1. The summed E-state index contributed by atoms with van der Waals surface area (Å²) < 4.78 is 5.04. The van der Waals surface area contributed by atoms with Crippen LogP contribution in [0.1, 0.15) is 26.7 Å². The molecule has 1 aliphatic rings. The standard InChI is InChI=1S/C13H28N4O/c1-11(9-17-6-4-5-7-17)8-15-13(14)16-12(2)10-18-3/h11-12H,4-10H2,1-3H3,(H3,14,15,16). The smallest absolute Gasteiger partial charge is 0.188 e. The van der Waals surface area contributed by atoms with Gasteiger partial charge in [-0.05, 0) is 38.8 Å². The van der Waals surface area contributed by atoms with Crippen LogP contribution in [-0.2, 0) is 4.74 Å². The highest BCUT2D eigenvalue weighted by atomic mass is 16.5. The molecule has 18 heavy (non-hydrogen) atoms. The van der Waals surface area contributed by atoms with Gasteiger partial charge in [0.1, 0.15) is 0 Å². The third-order valence-corrected chi connectivity index (χ3v) is 3.15. The minimum atomic E-state index is 0.202. The van der Waals surface area contributed by atoms with E-state index in [4.69, 9.17) is 10.5 Å². The SMILES string of the molecule is COCC(C)NC(N)=NCC(C)CN1CCCC1. The molecule has 1 rings (SSSR count). The van der Waals surface area contributed by atoms with Crippen LogP contribution < -0.4 is 11.1 Å². The third-order valence-electron chi connectivity index (χ3n) is 3.15. The molecule has 0 radical (unpaired) electrons. The van der Waals surface area contributed by atoms with Crippen molar-refractivity contribution in [3.63, 3.8) is 0 Å². The number of nitrogens with zero attached hydrogens (tertiary/aromatic N) is 2. The fourth-order valence-electron chi connectivity index (χ4n) is 2.31.